The molecule has 0 bridgehead atoms. The lowest BCUT2D eigenvalue weighted by Gasteiger charge is -2.21. The van der Waals surface area contributed by atoms with Crippen LogP contribution in [0.2, 0.25) is 0 Å². The van der Waals surface area contributed by atoms with Gasteiger partial charge in [-0.15, -0.1) is 0 Å². The van der Waals surface area contributed by atoms with Crippen LogP contribution in [0, 0.1) is 0 Å². The normalized spacial score (nSPS) is 24.0. The van der Waals surface area contributed by atoms with Crippen molar-refractivity contribution >= 4 is 20.2 Å². The molecule has 0 N–H and O–H groups in total. The molecule has 1 aromatic rings. The van der Waals surface area contributed by atoms with Gasteiger partial charge in [0.2, 0.25) is 4.58 Å². The minimum Gasteiger partial charge on any atom is -0.239 e. The van der Waals surface area contributed by atoms with Crippen LogP contribution in [0.15, 0.2) is 30.3 Å². The Morgan fingerprint density at radius 1 is 0.938 bits per heavy atom. The molecule has 88 valence electrons. The second-order valence-electron chi connectivity index (χ2n) is 3.08. The molecule has 0 unspecified atom stereocenters. The van der Waals surface area contributed by atoms with Crippen molar-refractivity contribution in [2.24, 2.45) is 0 Å². The molecule has 1 heterocycles. The van der Waals surface area contributed by atoms with Crippen LogP contribution >= 0.6 is 0 Å². The molecule has 8 heteroatoms. The summed E-state index contributed by atoms with van der Waals surface area (Å²) in [5, 5.41) is 0. The summed E-state index contributed by atoms with van der Waals surface area (Å²) >= 11 is 0. The largest absolute Gasteiger partial charge is 0.293 e. The van der Waals surface area contributed by atoms with Gasteiger partial charge in [-0.05, 0) is 5.56 Å². The predicted molar refractivity (Wildman–Crippen MR) is 54.1 cm³/mol. The van der Waals surface area contributed by atoms with E-state index in [1.165, 1.54) is 24.3 Å². The highest BCUT2D eigenvalue weighted by Gasteiger charge is 2.45. The third kappa shape index (κ3) is 1.96. The second kappa shape index (κ2) is 3.81. The van der Waals surface area contributed by atoms with E-state index in [4.69, 9.17) is 0 Å². The van der Waals surface area contributed by atoms with Crippen LogP contribution in [0.1, 0.15) is 10.1 Å². The van der Waals surface area contributed by atoms with Gasteiger partial charge in [0, 0.05) is 0 Å². The maximum atomic E-state index is 11.5. The van der Waals surface area contributed by atoms with E-state index in [1.807, 2.05) is 0 Å². The van der Waals surface area contributed by atoms with Gasteiger partial charge in [0.25, 0.3) is 20.2 Å². The summed E-state index contributed by atoms with van der Waals surface area (Å²) in [6.07, 6.45) is 0. The summed E-state index contributed by atoms with van der Waals surface area (Å²) in [5.41, 5.74) is 0.0993. The molecule has 1 saturated heterocycles. The van der Waals surface area contributed by atoms with Crippen molar-refractivity contribution in [1.29, 1.82) is 0 Å². The molecule has 2 rings (SSSR count). The fourth-order valence-electron chi connectivity index (χ4n) is 1.37. The van der Waals surface area contributed by atoms with Gasteiger partial charge in [0.05, 0.1) is 0 Å². The van der Waals surface area contributed by atoms with E-state index in [2.05, 4.69) is 8.37 Å². The minimum absolute atomic E-state index is 0.0993. The van der Waals surface area contributed by atoms with Crippen LogP contribution in [0.5, 0.6) is 0 Å². The first-order chi connectivity index (χ1) is 7.43. The zero-order valence-electron chi connectivity index (χ0n) is 7.94. The first kappa shape index (κ1) is 11.5. The topological polar surface area (TPSA) is 86.7 Å². The van der Waals surface area contributed by atoms with Gasteiger partial charge in [-0.25, -0.2) is 8.37 Å². The summed E-state index contributed by atoms with van der Waals surface area (Å²) < 4.78 is 52.9. The molecule has 0 spiro atoms. The van der Waals surface area contributed by atoms with Crippen molar-refractivity contribution in [3.63, 3.8) is 0 Å². The van der Waals surface area contributed by atoms with E-state index in [-0.39, 0.29) is 5.56 Å². The Hall–Kier alpha value is -0.960. The van der Waals surface area contributed by atoms with Crippen molar-refractivity contribution in [3.8, 4) is 0 Å². The standard InChI is InChI=1S/C8H8O6S2/c9-15(10)8(7-4-2-1-3-5-7)16(11,12)14-6-13-15/h1-5,8H,6H2. The average molecular weight is 264 g/mol. The van der Waals surface area contributed by atoms with Crippen molar-refractivity contribution in [2.45, 2.75) is 4.58 Å². The molecule has 1 fully saturated rings. The fraction of sp³-hybridized carbons (Fsp3) is 0.250. The highest BCUT2D eigenvalue weighted by molar-refractivity contribution is 8.04. The number of hydrogen-bond acceptors (Lipinski definition) is 6. The van der Waals surface area contributed by atoms with Gasteiger partial charge >= 0.3 is 0 Å². The quantitative estimate of drug-likeness (QED) is 0.680. The summed E-state index contributed by atoms with van der Waals surface area (Å²) in [6, 6.07) is 7.49. The predicted octanol–water partition coefficient (Wildman–Crippen LogP) is 0.349. The molecular formula is C8H8O6S2. The lowest BCUT2D eigenvalue weighted by atomic mass is 10.2. The maximum absolute atomic E-state index is 11.5. The van der Waals surface area contributed by atoms with E-state index < -0.39 is 31.6 Å². The van der Waals surface area contributed by atoms with Crippen LogP contribution in [0.3, 0.4) is 0 Å². The molecule has 1 aromatic carbocycles. The summed E-state index contributed by atoms with van der Waals surface area (Å²) in [4.78, 5) is 0. The molecule has 0 saturated carbocycles. The number of hydrogen-bond donors (Lipinski definition) is 0. The van der Waals surface area contributed by atoms with Gasteiger partial charge in [-0.2, -0.15) is 16.8 Å². The van der Waals surface area contributed by atoms with Crippen molar-refractivity contribution in [1.82, 2.24) is 0 Å². The third-order valence-corrected chi connectivity index (χ3v) is 5.88. The zero-order valence-corrected chi connectivity index (χ0v) is 9.57. The van der Waals surface area contributed by atoms with E-state index in [0.717, 1.165) is 0 Å². The molecule has 0 atom stereocenters. The molecule has 1 aliphatic heterocycles. The van der Waals surface area contributed by atoms with Crippen LogP contribution in [0.4, 0.5) is 0 Å². The summed E-state index contributed by atoms with van der Waals surface area (Å²) in [5.74, 6) is 0. The molecule has 0 amide bonds. The average Bonchev–Trinajstić information content (AvgIpc) is 2.16. The Labute approximate surface area is 93.1 Å². The molecule has 6 nitrogen and oxygen atoms in total. The highest BCUT2D eigenvalue weighted by Crippen LogP contribution is 2.33. The van der Waals surface area contributed by atoms with Crippen molar-refractivity contribution in [2.75, 3.05) is 6.79 Å². The Balaban J connectivity index is 2.59. The van der Waals surface area contributed by atoms with E-state index in [9.17, 15) is 16.8 Å². The Morgan fingerprint density at radius 2 is 1.44 bits per heavy atom. The Morgan fingerprint density at radius 3 is 1.94 bits per heavy atom. The zero-order chi connectivity index (χ0) is 11.8. The van der Waals surface area contributed by atoms with Crippen molar-refractivity contribution < 1.29 is 25.2 Å². The van der Waals surface area contributed by atoms with E-state index in [1.54, 1.807) is 6.07 Å². The Bertz CT molecular complexity index is 540. The van der Waals surface area contributed by atoms with Gasteiger partial charge < -0.3 is 0 Å². The SMILES string of the molecule is O=S1(=O)OCOS(=O)(=O)C1c1ccccc1. The number of rotatable bonds is 1. The first-order valence-electron chi connectivity index (χ1n) is 4.25. The third-order valence-electron chi connectivity index (χ3n) is 2.02. The first-order valence-corrected chi connectivity index (χ1v) is 7.19. The Kier molecular flexibility index (Phi) is 2.74. The monoisotopic (exact) mass is 264 g/mol. The van der Waals surface area contributed by atoms with E-state index >= 15 is 0 Å². The molecular weight excluding hydrogens is 256 g/mol. The summed E-state index contributed by atoms with van der Waals surface area (Å²) in [7, 11) is -8.39. The van der Waals surface area contributed by atoms with Crippen LogP contribution in [-0.2, 0) is 28.6 Å². The highest BCUT2D eigenvalue weighted by atomic mass is 32.3. The minimum atomic E-state index is -4.20. The molecule has 1 aliphatic rings. The molecule has 0 radical (unpaired) electrons. The smallest absolute Gasteiger partial charge is 0.239 e. The second-order valence-corrected chi connectivity index (χ2v) is 6.77. The lowest BCUT2D eigenvalue weighted by Crippen LogP contribution is -2.32. The maximum Gasteiger partial charge on any atom is 0.293 e. The van der Waals surface area contributed by atoms with E-state index in [0.29, 0.717) is 0 Å². The lowest BCUT2D eigenvalue weighted by molar-refractivity contribution is 0.119. The van der Waals surface area contributed by atoms with Gasteiger partial charge in [0.15, 0.2) is 6.79 Å². The molecule has 0 aliphatic carbocycles. The molecule has 0 aromatic heterocycles. The van der Waals surface area contributed by atoms with Gasteiger partial charge in [0.1, 0.15) is 0 Å². The van der Waals surface area contributed by atoms with Crippen LogP contribution in [0.25, 0.3) is 0 Å². The fourth-order valence-corrected chi connectivity index (χ4v) is 4.51. The van der Waals surface area contributed by atoms with Crippen LogP contribution < -0.4 is 0 Å². The van der Waals surface area contributed by atoms with Gasteiger partial charge in [-0.1, -0.05) is 30.3 Å². The van der Waals surface area contributed by atoms with Gasteiger partial charge in [-0.3, -0.25) is 0 Å². The number of benzene rings is 1. The molecule has 16 heavy (non-hydrogen) atoms. The van der Waals surface area contributed by atoms with Crippen molar-refractivity contribution in [3.05, 3.63) is 35.9 Å². The summed E-state index contributed by atoms with van der Waals surface area (Å²) in [6.45, 7) is -0.798. The van der Waals surface area contributed by atoms with Crippen LogP contribution in [-0.4, -0.2) is 23.6 Å².